The molecule has 0 bridgehead atoms. The number of amides is 2. The minimum absolute atomic E-state index is 0.0588. The second-order valence-corrected chi connectivity index (χ2v) is 5.84. The minimum atomic E-state index is -0.0766. The lowest BCUT2D eigenvalue weighted by Crippen LogP contribution is -2.29. The van der Waals surface area contributed by atoms with Crippen LogP contribution in [0.2, 0.25) is 0 Å². The summed E-state index contributed by atoms with van der Waals surface area (Å²) < 4.78 is 0. The smallest absolute Gasteiger partial charge is 0.261 e. The lowest BCUT2D eigenvalue weighted by molar-refractivity contribution is 0.0953. The Labute approximate surface area is 134 Å². The van der Waals surface area contributed by atoms with E-state index in [1.54, 1.807) is 6.07 Å². The summed E-state index contributed by atoms with van der Waals surface area (Å²) in [5.74, 6) is -0.135. The van der Waals surface area contributed by atoms with Gasteiger partial charge in [-0.3, -0.25) is 9.59 Å². The van der Waals surface area contributed by atoms with E-state index in [1.807, 2.05) is 35.7 Å². The molecule has 2 N–H and O–H groups in total. The first-order valence-corrected chi connectivity index (χ1v) is 8.27. The molecule has 2 amide bonds. The molecular formula is C17H20N2O2S. The number of aryl methyl sites for hydroxylation is 1. The van der Waals surface area contributed by atoms with E-state index in [1.165, 1.54) is 16.9 Å². The number of rotatable bonds is 7. The van der Waals surface area contributed by atoms with Crippen molar-refractivity contribution in [3.05, 3.63) is 57.8 Å². The quantitative estimate of drug-likeness (QED) is 0.772. The van der Waals surface area contributed by atoms with Crippen molar-refractivity contribution in [2.75, 3.05) is 13.1 Å². The molecule has 0 aliphatic carbocycles. The van der Waals surface area contributed by atoms with Crippen LogP contribution in [0.1, 0.15) is 38.9 Å². The Morgan fingerprint density at radius 2 is 1.68 bits per heavy atom. The number of thiophene rings is 1. The highest BCUT2D eigenvalue weighted by atomic mass is 32.1. The second kappa shape index (κ2) is 8.34. The number of carbonyl (C=O) groups is 2. The van der Waals surface area contributed by atoms with E-state index in [4.69, 9.17) is 0 Å². The zero-order valence-corrected chi connectivity index (χ0v) is 13.4. The Morgan fingerprint density at radius 3 is 2.27 bits per heavy atom. The predicted molar refractivity (Wildman–Crippen MR) is 89.4 cm³/mol. The molecule has 4 nitrogen and oxygen atoms in total. The molecule has 0 saturated heterocycles. The molecule has 2 aromatic rings. The van der Waals surface area contributed by atoms with Gasteiger partial charge in [-0.15, -0.1) is 11.3 Å². The van der Waals surface area contributed by atoms with E-state index in [0.29, 0.717) is 30.0 Å². The van der Waals surface area contributed by atoms with Crippen molar-refractivity contribution >= 4 is 23.2 Å². The van der Waals surface area contributed by atoms with Gasteiger partial charge in [0.1, 0.15) is 0 Å². The Balaban J connectivity index is 1.65. The molecule has 0 aliphatic heterocycles. The molecule has 5 heteroatoms. The van der Waals surface area contributed by atoms with Crippen LogP contribution in [0.4, 0.5) is 0 Å². The molecule has 116 valence electrons. The van der Waals surface area contributed by atoms with Gasteiger partial charge in [0.2, 0.25) is 0 Å². The van der Waals surface area contributed by atoms with Crippen LogP contribution >= 0.6 is 11.3 Å². The maximum atomic E-state index is 11.9. The third-order valence-electron chi connectivity index (χ3n) is 3.29. The van der Waals surface area contributed by atoms with E-state index in [2.05, 4.69) is 17.6 Å². The van der Waals surface area contributed by atoms with Crippen molar-refractivity contribution in [1.82, 2.24) is 10.6 Å². The number of hydrogen-bond acceptors (Lipinski definition) is 3. The molecule has 0 atom stereocenters. The summed E-state index contributed by atoms with van der Waals surface area (Å²) in [6.45, 7) is 3.17. The third-order valence-corrected chi connectivity index (χ3v) is 4.16. The van der Waals surface area contributed by atoms with Crippen molar-refractivity contribution in [1.29, 1.82) is 0 Å². The van der Waals surface area contributed by atoms with Crippen LogP contribution in [-0.2, 0) is 6.42 Å². The first kappa shape index (κ1) is 16.2. The van der Waals surface area contributed by atoms with Crippen molar-refractivity contribution in [3.63, 3.8) is 0 Å². The number of carbonyl (C=O) groups excluding carboxylic acids is 2. The standard InChI is InChI=1S/C17H20N2O2S/c1-2-13-6-8-14(9-7-13)16(20)18-10-4-11-19-17(21)15-5-3-12-22-15/h3,5-9,12H,2,4,10-11H2,1H3,(H,18,20)(H,19,21). The molecule has 0 spiro atoms. The van der Waals surface area contributed by atoms with E-state index >= 15 is 0 Å². The van der Waals surface area contributed by atoms with E-state index in [-0.39, 0.29) is 11.8 Å². The van der Waals surface area contributed by atoms with Crippen molar-refractivity contribution in [2.45, 2.75) is 19.8 Å². The van der Waals surface area contributed by atoms with Gasteiger partial charge in [0.15, 0.2) is 0 Å². The number of benzene rings is 1. The summed E-state index contributed by atoms with van der Waals surface area (Å²) >= 11 is 1.42. The second-order valence-electron chi connectivity index (χ2n) is 4.89. The van der Waals surface area contributed by atoms with Gasteiger partial charge in [-0.2, -0.15) is 0 Å². The highest BCUT2D eigenvalue weighted by Crippen LogP contribution is 2.07. The Hall–Kier alpha value is -2.14. The highest BCUT2D eigenvalue weighted by molar-refractivity contribution is 7.12. The maximum absolute atomic E-state index is 11.9. The van der Waals surface area contributed by atoms with Crippen LogP contribution in [0.3, 0.4) is 0 Å². The molecule has 2 rings (SSSR count). The van der Waals surface area contributed by atoms with Gasteiger partial charge < -0.3 is 10.6 Å². The fourth-order valence-corrected chi connectivity index (χ4v) is 2.62. The van der Waals surface area contributed by atoms with Gasteiger partial charge in [0.25, 0.3) is 11.8 Å². The van der Waals surface area contributed by atoms with Gasteiger partial charge in [-0.25, -0.2) is 0 Å². The molecule has 0 unspecified atom stereocenters. The summed E-state index contributed by atoms with van der Waals surface area (Å²) in [5, 5.41) is 7.57. The number of nitrogens with one attached hydrogen (secondary N) is 2. The lowest BCUT2D eigenvalue weighted by atomic mass is 10.1. The molecule has 0 radical (unpaired) electrons. The van der Waals surface area contributed by atoms with Crippen LogP contribution in [-0.4, -0.2) is 24.9 Å². The molecule has 1 heterocycles. The molecule has 1 aromatic carbocycles. The summed E-state index contributed by atoms with van der Waals surface area (Å²) in [6, 6.07) is 11.3. The summed E-state index contributed by atoms with van der Waals surface area (Å²) in [7, 11) is 0. The average molecular weight is 316 g/mol. The molecule has 22 heavy (non-hydrogen) atoms. The van der Waals surface area contributed by atoms with Crippen LogP contribution in [0.15, 0.2) is 41.8 Å². The molecule has 0 aliphatic rings. The zero-order chi connectivity index (χ0) is 15.8. The number of hydrogen-bond donors (Lipinski definition) is 2. The highest BCUT2D eigenvalue weighted by Gasteiger charge is 2.06. The molecule has 0 fully saturated rings. The molecular weight excluding hydrogens is 296 g/mol. The average Bonchev–Trinajstić information content (AvgIpc) is 3.09. The van der Waals surface area contributed by atoms with Gasteiger partial charge in [-0.1, -0.05) is 25.1 Å². The first-order valence-electron chi connectivity index (χ1n) is 7.39. The van der Waals surface area contributed by atoms with E-state index in [9.17, 15) is 9.59 Å². The Bertz CT molecular complexity index is 606. The fraction of sp³-hybridized carbons (Fsp3) is 0.294. The lowest BCUT2D eigenvalue weighted by Gasteiger charge is -2.07. The zero-order valence-electron chi connectivity index (χ0n) is 12.6. The maximum Gasteiger partial charge on any atom is 0.261 e. The summed E-state index contributed by atoms with van der Waals surface area (Å²) in [6.07, 6.45) is 1.67. The summed E-state index contributed by atoms with van der Waals surface area (Å²) in [4.78, 5) is 24.3. The van der Waals surface area contributed by atoms with Crippen LogP contribution in [0, 0.1) is 0 Å². The van der Waals surface area contributed by atoms with Crippen LogP contribution < -0.4 is 10.6 Å². The monoisotopic (exact) mass is 316 g/mol. The summed E-state index contributed by atoms with van der Waals surface area (Å²) in [5.41, 5.74) is 1.88. The van der Waals surface area contributed by atoms with Crippen LogP contribution in [0.25, 0.3) is 0 Å². The first-order chi connectivity index (χ1) is 10.7. The van der Waals surface area contributed by atoms with Crippen molar-refractivity contribution in [2.24, 2.45) is 0 Å². The van der Waals surface area contributed by atoms with E-state index in [0.717, 1.165) is 6.42 Å². The van der Waals surface area contributed by atoms with Gasteiger partial charge >= 0.3 is 0 Å². The SMILES string of the molecule is CCc1ccc(C(=O)NCCCNC(=O)c2cccs2)cc1. The van der Waals surface area contributed by atoms with Gasteiger partial charge in [-0.05, 0) is 42.0 Å². The molecule has 0 saturated carbocycles. The van der Waals surface area contributed by atoms with Crippen molar-refractivity contribution < 1.29 is 9.59 Å². The Morgan fingerprint density at radius 1 is 1.00 bits per heavy atom. The van der Waals surface area contributed by atoms with Crippen molar-refractivity contribution in [3.8, 4) is 0 Å². The largest absolute Gasteiger partial charge is 0.352 e. The fourth-order valence-electron chi connectivity index (χ4n) is 1.98. The van der Waals surface area contributed by atoms with E-state index < -0.39 is 0 Å². The third kappa shape index (κ3) is 4.70. The molecule has 1 aromatic heterocycles. The Kier molecular flexibility index (Phi) is 6.15. The topological polar surface area (TPSA) is 58.2 Å². The van der Waals surface area contributed by atoms with Crippen LogP contribution in [0.5, 0.6) is 0 Å². The normalized spacial score (nSPS) is 10.2. The van der Waals surface area contributed by atoms with Gasteiger partial charge in [0, 0.05) is 18.7 Å². The van der Waals surface area contributed by atoms with Gasteiger partial charge in [0.05, 0.1) is 4.88 Å². The predicted octanol–water partition coefficient (Wildman–Crippen LogP) is 2.86. The minimum Gasteiger partial charge on any atom is -0.352 e.